The summed E-state index contributed by atoms with van der Waals surface area (Å²) < 4.78 is 0. The van der Waals surface area contributed by atoms with Gasteiger partial charge < -0.3 is 4.90 Å². The smallest absolute Gasteiger partial charge is 0.0641 e. The normalized spacial score (nSPS) is 12.5. The van der Waals surface area contributed by atoms with Crippen molar-refractivity contribution in [2.45, 2.75) is 19.4 Å². The van der Waals surface area contributed by atoms with Crippen LogP contribution in [-0.2, 0) is 0 Å². The zero-order valence-electron chi connectivity index (χ0n) is 8.99. The van der Waals surface area contributed by atoms with Gasteiger partial charge in [0.2, 0.25) is 0 Å². The molecule has 0 aliphatic rings. The second-order valence-corrected chi connectivity index (χ2v) is 3.76. The predicted octanol–water partition coefficient (Wildman–Crippen LogP) is 2.51. The fraction of sp³-hybridized carbons (Fsp3) is 0.417. The highest BCUT2D eigenvalue weighted by Crippen LogP contribution is 2.21. The fourth-order valence-electron chi connectivity index (χ4n) is 1.56. The van der Waals surface area contributed by atoms with Gasteiger partial charge in [0.05, 0.1) is 12.5 Å². The van der Waals surface area contributed by atoms with E-state index in [0.717, 1.165) is 0 Å². The highest BCUT2D eigenvalue weighted by molar-refractivity contribution is 5.25. The van der Waals surface area contributed by atoms with Crippen molar-refractivity contribution >= 4 is 0 Å². The lowest BCUT2D eigenvalue weighted by Crippen LogP contribution is -2.19. The molecule has 74 valence electrons. The summed E-state index contributed by atoms with van der Waals surface area (Å²) in [6.07, 6.45) is 0.538. The van der Waals surface area contributed by atoms with Crippen molar-refractivity contribution in [2.24, 2.45) is 0 Å². The lowest BCUT2D eigenvalue weighted by molar-refractivity contribution is 0.303. The van der Waals surface area contributed by atoms with Gasteiger partial charge in [-0.2, -0.15) is 5.26 Å². The fourth-order valence-corrected chi connectivity index (χ4v) is 1.56. The minimum atomic E-state index is 0.208. The van der Waals surface area contributed by atoms with Gasteiger partial charge >= 0.3 is 0 Å². The molecule has 1 rings (SSSR count). The summed E-state index contributed by atoms with van der Waals surface area (Å²) in [7, 11) is 4.01. The summed E-state index contributed by atoms with van der Waals surface area (Å²) in [6.45, 7) is 2.07. The van der Waals surface area contributed by atoms with Crippen LogP contribution in [0.4, 0.5) is 0 Å². The lowest BCUT2D eigenvalue weighted by Gasteiger charge is -2.22. The Morgan fingerprint density at radius 3 is 2.64 bits per heavy atom. The summed E-state index contributed by atoms with van der Waals surface area (Å²) in [5.74, 6) is 0. The second-order valence-electron chi connectivity index (χ2n) is 3.76. The Balaban J connectivity index is 2.94. The molecular formula is C12H16N2. The van der Waals surface area contributed by atoms with Gasteiger partial charge in [-0.15, -0.1) is 0 Å². The van der Waals surface area contributed by atoms with Crippen molar-refractivity contribution in [3.05, 3.63) is 35.4 Å². The van der Waals surface area contributed by atoms with Gasteiger partial charge in [0.15, 0.2) is 0 Å². The van der Waals surface area contributed by atoms with Crippen molar-refractivity contribution in [1.82, 2.24) is 4.90 Å². The number of hydrogen-bond donors (Lipinski definition) is 0. The molecule has 0 saturated heterocycles. The van der Waals surface area contributed by atoms with E-state index in [1.165, 1.54) is 11.1 Å². The first-order valence-electron chi connectivity index (χ1n) is 4.75. The maximum absolute atomic E-state index is 8.74. The molecule has 1 atom stereocenters. The third kappa shape index (κ3) is 2.58. The summed E-state index contributed by atoms with van der Waals surface area (Å²) >= 11 is 0. The van der Waals surface area contributed by atoms with Crippen molar-refractivity contribution in [2.75, 3.05) is 14.1 Å². The number of rotatable bonds is 3. The first-order valence-corrected chi connectivity index (χ1v) is 4.75. The van der Waals surface area contributed by atoms with Gasteiger partial charge in [-0.1, -0.05) is 29.8 Å². The van der Waals surface area contributed by atoms with Crippen LogP contribution in [0.3, 0.4) is 0 Å². The highest BCUT2D eigenvalue weighted by Gasteiger charge is 2.12. The minimum Gasteiger partial charge on any atom is -0.301 e. The van der Waals surface area contributed by atoms with Crippen LogP contribution >= 0.6 is 0 Å². The Hall–Kier alpha value is -1.33. The van der Waals surface area contributed by atoms with E-state index >= 15 is 0 Å². The largest absolute Gasteiger partial charge is 0.301 e. The SMILES string of the molecule is Cc1cccc(C(CC#N)N(C)C)c1. The molecule has 0 amide bonds. The van der Waals surface area contributed by atoms with E-state index in [2.05, 4.69) is 36.1 Å². The van der Waals surface area contributed by atoms with E-state index in [9.17, 15) is 0 Å². The third-order valence-electron chi connectivity index (χ3n) is 2.33. The van der Waals surface area contributed by atoms with Gasteiger partial charge in [0.25, 0.3) is 0 Å². The Morgan fingerprint density at radius 1 is 1.43 bits per heavy atom. The Bertz CT molecular complexity index is 336. The van der Waals surface area contributed by atoms with Crippen LogP contribution in [0, 0.1) is 18.3 Å². The quantitative estimate of drug-likeness (QED) is 0.728. The molecule has 0 radical (unpaired) electrons. The predicted molar refractivity (Wildman–Crippen MR) is 57.8 cm³/mol. The van der Waals surface area contributed by atoms with Crippen LogP contribution < -0.4 is 0 Å². The van der Waals surface area contributed by atoms with Crippen molar-refractivity contribution < 1.29 is 0 Å². The second kappa shape index (κ2) is 4.78. The molecule has 0 aliphatic carbocycles. The van der Waals surface area contributed by atoms with Crippen LogP contribution in [-0.4, -0.2) is 19.0 Å². The van der Waals surface area contributed by atoms with Crippen LogP contribution in [0.25, 0.3) is 0 Å². The van der Waals surface area contributed by atoms with Gasteiger partial charge in [-0.25, -0.2) is 0 Å². The van der Waals surface area contributed by atoms with E-state index in [0.29, 0.717) is 6.42 Å². The van der Waals surface area contributed by atoms with Crippen LogP contribution in [0.15, 0.2) is 24.3 Å². The molecule has 1 aromatic carbocycles. The minimum absolute atomic E-state index is 0.208. The molecule has 0 spiro atoms. The topological polar surface area (TPSA) is 27.0 Å². The highest BCUT2D eigenvalue weighted by atomic mass is 15.1. The molecule has 0 saturated carbocycles. The number of nitrogens with zero attached hydrogens (tertiary/aromatic N) is 2. The molecule has 1 unspecified atom stereocenters. The molecule has 0 heterocycles. The standard InChI is InChI=1S/C12H16N2/c1-10-5-4-6-11(9-10)12(7-8-13)14(2)3/h4-6,9,12H,7H2,1-3H3. The summed E-state index contributed by atoms with van der Waals surface area (Å²) in [6, 6.07) is 10.8. The van der Waals surface area contributed by atoms with Gasteiger partial charge in [0, 0.05) is 6.04 Å². The van der Waals surface area contributed by atoms with Crippen LogP contribution in [0.5, 0.6) is 0 Å². The number of nitriles is 1. The third-order valence-corrected chi connectivity index (χ3v) is 2.33. The van der Waals surface area contributed by atoms with Crippen LogP contribution in [0.2, 0.25) is 0 Å². The molecule has 0 bridgehead atoms. The van der Waals surface area contributed by atoms with E-state index < -0.39 is 0 Å². The first-order chi connectivity index (χ1) is 6.65. The van der Waals surface area contributed by atoms with Crippen LogP contribution in [0.1, 0.15) is 23.6 Å². The maximum atomic E-state index is 8.74. The van der Waals surface area contributed by atoms with E-state index in [1.54, 1.807) is 0 Å². The molecule has 14 heavy (non-hydrogen) atoms. The van der Waals surface area contributed by atoms with E-state index in [-0.39, 0.29) is 6.04 Å². The summed E-state index contributed by atoms with van der Waals surface area (Å²) in [5.41, 5.74) is 2.46. The molecule has 0 N–H and O–H groups in total. The molecule has 0 aromatic heterocycles. The Kier molecular flexibility index (Phi) is 3.67. The number of benzene rings is 1. The van der Waals surface area contributed by atoms with Gasteiger partial charge in [0.1, 0.15) is 0 Å². The average molecular weight is 188 g/mol. The number of aryl methyl sites for hydroxylation is 1. The molecule has 2 nitrogen and oxygen atoms in total. The number of hydrogen-bond acceptors (Lipinski definition) is 2. The average Bonchev–Trinajstić information content (AvgIpc) is 2.13. The maximum Gasteiger partial charge on any atom is 0.0641 e. The van der Waals surface area contributed by atoms with Gasteiger partial charge in [-0.3, -0.25) is 0 Å². The van der Waals surface area contributed by atoms with E-state index in [1.807, 2.05) is 20.2 Å². The van der Waals surface area contributed by atoms with Gasteiger partial charge in [-0.05, 0) is 26.6 Å². The zero-order chi connectivity index (χ0) is 10.6. The molecule has 0 aliphatic heterocycles. The Morgan fingerprint density at radius 2 is 2.14 bits per heavy atom. The van der Waals surface area contributed by atoms with Crippen molar-refractivity contribution in [3.63, 3.8) is 0 Å². The molecular weight excluding hydrogens is 172 g/mol. The van der Waals surface area contributed by atoms with Crippen molar-refractivity contribution in [1.29, 1.82) is 5.26 Å². The lowest BCUT2D eigenvalue weighted by atomic mass is 10.0. The zero-order valence-corrected chi connectivity index (χ0v) is 8.99. The Labute approximate surface area is 85.8 Å². The molecule has 0 fully saturated rings. The van der Waals surface area contributed by atoms with E-state index in [4.69, 9.17) is 5.26 Å². The van der Waals surface area contributed by atoms with Crippen molar-refractivity contribution in [3.8, 4) is 6.07 Å². The first kappa shape index (κ1) is 10.7. The monoisotopic (exact) mass is 188 g/mol. The summed E-state index contributed by atoms with van der Waals surface area (Å²) in [4.78, 5) is 2.08. The molecule has 2 heteroatoms. The molecule has 1 aromatic rings. The summed E-state index contributed by atoms with van der Waals surface area (Å²) in [5, 5.41) is 8.74.